The lowest BCUT2D eigenvalue weighted by Crippen LogP contribution is -2.56. The number of phenolic OH excluding ortho intramolecular Hbond substituents is 4. The van der Waals surface area contributed by atoms with Crippen LogP contribution in [0.15, 0.2) is 72.8 Å². The first-order chi connectivity index (χ1) is 36.6. The minimum absolute atomic E-state index is 0.313. The molecule has 0 spiro atoms. The number of aliphatic hydroxyl groups excluding tert-OH is 8. The molecule has 8 amide bonds. The molecule has 20 N–H and O–H groups in total. The van der Waals surface area contributed by atoms with Crippen LogP contribution < -0.4 is 42.5 Å². The van der Waals surface area contributed by atoms with E-state index in [1.165, 1.54) is 0 Å². The molecule has 0 bridgehead atoms. The van der Waals surface area contributed by atoms with Crippen LogP contribution in [-0.2, 0) is 0 Å². The number of nitrogens with one attached hydrogen (secondary N) is 8. The Hall–Kier alpha value is -8.48. The minimum atomic E-state index is -1.88. The average molecular weight is 1080 g/mol. The van der Waals surface area contributed by atoms with Gasteiger partial charge in [0.1, 0.15) is 23.0 Å². The van der Waals surface area contributed by atoms with Crippen LogP contribution in [0.3, 0.4) is 0 Å². The molecular weight excluding hydrogens is 1020 g/mol. The first kappa shape index (κ1) is 61.1. The average Bonchev–Trinajstić information content (AvgIpc) is 3.42. The van der Waals surface area contributed by atoms with Gasteiger partial charge in [0.2, 0.25) is 0 Å². The van der Waals surface area contributed by atoms with Crippen molar-refractivity contribution >= 4 is 47.3 Å². The predicted octanol–water partition coefficient (Wildman–Crippen LogP) is -5.15. The molecule has 4 aromatic rings. The van der Waals surface area contributed by atoms with Gasteiger partial charge < -0.3 is 104 Å². The number of hydrogen-bond donors (Lipinski definition) is 20. The van der Waals surface area contributed by atoms with Crippen molar-refractivity contribution in [1.29, 1.82) is 0 Å². The highest BCUT2D eigenvalue weighted by molar-refractivity contribution is 6.03. The van der Waals surface area contributed by atoms with Gasteiger partial charge in [-0.3, -0.25) is 38.4 Å². The maximum atomic E-state index is 14.0. The lowest BCUT2D eigenvalue weighted by Gasteiger charge is -2.35. The van der Waals surface area contributed by atoms with Crippen molar-refractivity contribution in [2.45, 2.75) is 24.2 Å². The predicted molar refractivity (Wildman–Crippen MR) is 266 cm³/mol. The van der Waals surface area contributed by atoms with Gasteiger partial charge in [0.15, 0.2) is 0 Å². The highest BCUT2D eigenvalue weighted by Gasteiger charge is 2.35. The zero-order chi connectivity index (χ0) is 57.0. The van der Waals surface area contributed by atoms with Crippen LogP contribution in [0.25, 0.3) is 0 Å². The normalized spacial score (nSPS) is 11.3. The van der Waals surface area contributed by atoms with E-state index < -0.39 is 179 Å². The highest BCUT2D eigenvalue weighted by atomic mass is 16.3. The second-order valence-electron chi connectivity index (χ2n) is 17.4. The molecular formula is C49H60N8O20. The molecule has 0 saturated carbocycles. The van der Waals surface area contributed by atoms with Crippen LogP contribution in [-0.4, -0.2) is 212 Å². The van der Waals surface area contributed by atoms with E-state index in [4.69, 9.17) is 0 Å². The monoisotopic (exact) mass is 1080 g/mol. The van der Waals surface area contributed by atoms with Crippen LogP contribution in [0.1, 0.15) is 82.9 Å². The molecule has 28 nitrogen and oxygen atoms in total. The third kappa shape index (κ3) is 17.8. The van der Waals surface area contributed by atoms with Crippen molar-refractivity contribution in [3.05, 3.63) is 117 Å². The first-order valence-electron chi connectivity index (χ1n) is 23.2. The quantitative estimate of drug-likeness (QED) is 0.0253. The van der Waals surface area contributed by atoms with Gasteiger partial charge >= 0.3 is 0 Å². The van der Waals surface area contributed by atoms with E-state index >= 15 is 0 Å². The maximum Gasteiger partial charge on any atom is 0.251 e. The Morgan fingerprint density at radius 2 is 0.442 bits per heavy atom. The van der Waals surface area contributed by atoms with Crippen molar-refractivity contribution in [1.82, 2.24) is 42.5 Å². The first-order valence-corrected chi connectivity index (χ1v) is 23.2. The Morgan fingerprint density at radius 1 is 0.286 bits per heavy atom. The summed E-state index contributed by atoms with van der Waals surface area (Å²) in [4.78, 5) is 108. The van der Waals surface area contributed by atoms with Gasteiger partial charge in [0, 0.05) is 76.1 Å². The van der Waals surface area contributed by atoms with Crippen molar-refractivity contribution in [2.24, 2.45) is 5.41 Å². The number of rotatable bonds is 28. The topological polar surface area (TPSA) is 476 Å². The fourth-order valence-electron chi connectivity index (χ4n) is 7.02. The molecule has 416 valence electrons. The maximum absolute atomic E-state index is 14.0. The van der Waals surface area contributed by atoms with Crippen LogP contribution >= 0.6 is 0 Å². The molecule has 0 aliphatic carbocycles. The molecule has 0 saturated heterocycles. The molecule has 0 aliphatic rings. The van der Waals surface area contributed by atoms with Gasteiger partial charge in [-0.05, 0) is 72.8 Å². The van der Waals surface area contributed by atoms with Crippen LogP contribution in [0.4, 0.5) is 0 Å². The number of aliphatic hydroxyl groups is 8. The summed E-state index contributed by atoms with van der Waals surface area (Å²) in [5.74, 6) is -10.2. The third-order valence-electron chi connectivity index (χ3n) is 11.4. The number of benzene rings is 4. The fraction of sp³-hybridized carbons (Fsp3) is 0.347. The zero-order valence-electron chi connectivity index (χ0n) is 40.9. The summed E-state index contributed by atoms with van der Waals surface area (Å²) in [5, 5.41) is 137. The molecule has 4 aromatic carbocycles. The third-order valence-corrected chi connectivity index (χ3v) is 11.4. The zero-order valence-corrected chi connectivity index (χ0v) is 40.9. The number of phenols is 4. The Balaban J connectivity index is 1.83. The van der Waals surface area contributed by atoms with E-state index in [9.17, 15) is 99.6 Å². The number of aromatic hydroxyl groups is 4. The Kier molecular flexibility index (Phi) is 23.0. The van der Waals surface area contributed by atoms with Crippen LogP contribution in [0.2, 0.25) is 0 Å². The number of amides is 8. The lowest BCUT2D eigenvalue weighted by molar-refractivity contribution is 0.0858. The fourth-order valence-corrected chi connectivity index (χ4v) is 7.02. The molecule has 0 atom stereocenters. The second kappa shape index (κ2) is 29.0. The molecule has 0 fully saturated rings. The molecule has 0 aliphatic heterocycles. The van der Waals surface area contributed by atoms with Crippen LogP contribution in [0.5, 0.6) is 23.0 Å². The van der Waals surface area contributed by atoms with Crippen molar-refractivity contribution in [2.75, 3.05) is 79.0 Å². The van der Waals surface area contributed by atoms with E-state index in [-0.39, 0.29) is 44.5 Å². The van der Waals surface area contributed by atoms with E-state index in [0.29, 0.717) is 0 Å². The van der Waals surface area contributed by atoms with E-state index in [0.717, 1.165) is 72.8 Å². The van der Waals surface area contributed by atoms with Gasteiger partial charge in [-0.15, -0.1) is 0 Å². The number of carbonyl (C=O) groups is 8. The molecule has 0 radical (unpaired) electrons. The molecule has 0 aromatic heterocycles. The van der Waals surface area contributed by atoms with Crippen molar-refractivity contribution in [3.63, 3.8) is 0 Å². The van der Waals surface area contributed by atoms with Gasteiger partial charge in [0.25, 0.3) is 47.3 Å². The second-order valence-corrected chi connectivity index (χ2v) is 17.4. The van der Waals surface area contributed by atoms with E-state index in [2.05, 4.69) is 42.5 Å². The molecule has 4 rings (SSSR count). The summed E-state index contributed by atoms with van der Waals surface area (Å²) in [6.45, 7) is -8.14. The SMILES string of the molecule is O=C(NCC(CNC(=O)c1cc(O)cc(C(=O)NC(CO)CO)c1)(CNC(=O)c1cc(O)cc(C(=O)NC(CO)CO)c1)CNC(=O)c1cc(O)cc(C(=O)NC(CO)CO)c1)c1cc(O)cc(C(=O)NC(CO)CO)c1. The van der Waals surface area contributed by atoms with Gasteiger partial charge in [-0.2, -0.15) is 0 Å². The van der Waals surface area contributed by atoms with Gasteiger partial charge in [0.05, 0.1) is 77.0 Å². The number of carbonyl (C=O) groups excluding carboxylic acids is 8. The summed E-state index contributed by atoms with van der Waals surface area (Å²) in [6, 6.07) is 7.29. The molecule has 28 heteroatoms. The largest absolute Gasteiger partial charge is 0.508 e. The Morgan fingerprint density at radius 3 is 0.597 bits per heavy atom. The van der Waals surface area contributed by atoms with E-state index in [1.807, 2.05) is 0 Å². The van der Waals surface area contributed by atoms with Crippen LogP contribution in [0, 0.1) is 5.41 Å². The minimum Gasteiger partial charge on any atom is -0.508 e. The van der Waals surface area contributed by atoms with Crippen molar-refractivity contribution < 1.29 is 99.6 Å². The molecule has 0 unspecified atom stereocenters. The summed E-state index contributed by atoms with van der Waals surface area (Å²) in [6.07, 6.45) is 0. The summed E-state index contributed by atoms with van der Waals surface area (Å²) >= 11 is 0. The highest BCUT2D eigenvalue weighted by Crippen LogP contribution is 2.23. The van der Waals surface area contributed by atoms with Crippen molar-refractivity contribution in [3.8, 4) is 23.0 Å². The smallest absolute Gasteiger partial charge is 0.251 e. The Labute approximate surface area is 437 Å². The standard InChI is InChI=1S/C49H60N8O20/c58-13-33(14-59)54-45(74)29-1-25(5-37(66)9-29)41(70)50-21-49(22-51-42(71)26-2-30(10-38(67)6-26)46(75)55-34(15-60)16-61,23-52-43(72)27-3-31(11-39(68)7-27)47(76)56-35(17-62)18-63)24-53-44(73)28-4-32(12-40(69)8-28)48(77)57-36(19-64)20-65/h1-12,33-36,58-69H,13-24H2,(H,50,70)(H,51,71)(H,52,72)(H,53,73)(H,54,74)(H,55,75)(H,56,76)(H,57,77). The summed E-state index contributed by atoms with van der Waals surface area (Å²) < 4.78 is 0. The molecule has 77 heavy (non-hydrogen) atoms. The number of hydrogen-bond acceptors (Lipinski definition) is 20. The summed E-state index contributed by atoms with van der Waals surface area (Å²) in [7, 11) is 0. The molecule has 0 heterocycles. The van der Waals surface area contributed by atoms with Gasteiger partial charge in [-0.25, -0.2) is 0 Å². The van der Waals surface area contributed by atoms with E-state index in [1.54, 1.807) is 0 Å². The Bertz CT molecular complexity index is 2390. The van der Waals surface area contributed by atoms with Gasteiger partial charge in [-0.1, -0.05) is 0 Å². The lowest BCUT2D eigenvalue weighted by atomic mass is 9.86. The summed E-state index contributed by atoms with van der Waals surface area (Å²) in [5.41, 5.74) is -4.61.